The van der Waals surface area contributed by atoms with E-state index in [0.717, 1.165) is 19.5 Å². The van der Waals surface area contributed by atoms with E-state index in [1.165, 1.54) is 17.3 Å². The maximum absolute atomic E-state index is 14.3. The molecule has 1 aromatic heterocycles. The monoisotopic (exact) mass is 586 g/mol. The van der Waals surface area contributed by atoms with Crippen LogP contribution in [-0.4, -0.2) is 68.6 Å². The lowest BCUT2D eigenvalue weighted by Crippen LogP contribution is -2.51. The van der Waals surface area contributed by atoms with Gasteiger partial charge in [0.2, 0.25) is 5.92 Å². The predicted molar refractivity (Wildman–Crippen MR) is 144 cm³/mol. The van der Waals surface area contributed by atoms with Crippen molar-refractivity contribution in [3.63, 3.8) is 0 Å². The first-order valence-electron chi connectivity index (χ1n) is 14.1. The van der Waals surface area contributed by atoms with Gasteiger partial charge in [-0.2, -0.15) is 13.2 Å². The second-order valence-corrected chi connectivity index (χ2v) is 12.5. The Morgan fingerprint density at radius 1 is 1.05 bits per heavy atom. The van der Waals surface area contributed by atoms with E-state index in [1.54, 1.807) is 41.9 Å². The van der Waals surface area contributed by atoms with Gasteiger partial charge in [-0.3, -0.25) is 9.69 Å². The Morgan fingerprint density at radius 2 is 1.83 bits per heavy atom. The molecule has 7 nitrogen and oxygen atoms in total. The van der Waals surface area contributed by atoms with Crippen LogP contribution >= 0.6 is 0 Å². The predicted octanol–water partition coefficient (Wildman–Crippen LogP) is 4.79. The van der Waals surface area contributed by atoms with Crippen LogP contribution in [0.25, 0.3) is 0 Å². The number of hydrogen-bond donors (Lipinski definition) is 0. The van der Waals surface area contributed by atoms with E-state index in [2.05, 4.69) is 27.0 Å². The van der Waals surface area contributed by atoms with Crippen LogP contribution in [0.3, 0.4) is 0 Å². The number of aromatic nitrogens is 3. The highest BCUT2D eigenvalue weighted by Crippen LogP contribution is 2.55. The van der Waals surface area contributed by atoms with Gasteiger partial charge in [0.25, 0.3) is 5.91 Å². The first-order chi connectivity index (χ1) is 19.8. The second kappa shape index (κ2) is 9.31. The summed E-state index contributed by atoms with van der Waals surface area (Å²) in [6.45, 7) is 1.79. The van der Waals surface area contributed by atoms with Gasteiger partial charge in [-0.1, -0.05) is 12.1 Å². The van der Waals surface area contributed by atoms with Gasteiger partial charge in [0.15, 0.2) is 0 Å². The fourth-order valence-electron chi connectivity index (χ4n) is 7.54. The van der Waals surface area contributed by atoms with E-state index < -0.39 is 29.0 Å². The van der Waals surface area contributed by atoms with Gasteiger partial charge in [0, 0.05) is 74.7 Å². The van der Waals surface area contributed by atoms with Crippen molar-refractivity contribution in [1.29, 1.82) is 0 Å². The highest BCUT2D eigenvalue weighted by atomic mass is 19.4. The molecule has 3 aliphatic heterocycles. The van der Waals surface area contributed by atoms with Crippen LogP contribution in [0.5, 0.6) is 0 Å². The Kier molecular flexibility index (Phi) is 6.08. The number of benzene rings is 2. The molecular formula is C30H31F5N6O. The number of anilines is 1. The van der Waals surface area contributed by atoms with Crippen molar-refractivity contribution in [1.82, 2.24) is 24.6 Å². The molecule has 2 atom stereocenters. The number of amides is 1. The van der Waals surface area contributed by atoms with E-state index in [1.807, 2.05) is 0 Å². The lowest BCUT2D eigenvalue weighted by Gasteiger charge is -2.48. The molecule has 7 rings (SSSR count). The lowest BCUT2D eigenvalue weighted by atomic mass is 9.60. The van der Waals surface area contributed by atoms with Gasteiger partial charge in [-0.25, -0.2) is 8.78 Å². The Balaban J connectivity index is 1.20. The zero-order valence-electron chi connectivity index (χ0n) is 23.3. The second-order valence-electron chi connectivity index (χ2n) is 12.5. The third-order valence-corrected chi connectivity index (χ3v) is 9.69. The van der Waals surface area contributed by atoms with Gasteiger partial charge in [-0.15, -0.1) is 10.2 Å². The average Bonchev–Trinajstić information content (AvgIpc) is 3.67. The van der Waals surface area contributed by atoms with Gasteiger partial charge >= 0.3 is 6.18 Å². The molecule has 1 saturated carbocycles. The summed E-state index contributed by atoms with van der Waals surface area (Å²) in [5.41, 5.74) is -0.257. The van der Waals surface area contributed by atoms with E-state index in [-0.39, 0.29) is 36.9 Å². The third kappa shape index (κ3) is 4.50. The standard InChI is InChI=1S/C30H31F5N6O/c1-38-12-22-9-21(38)13-40(22)11-18-6-23-24(25(7-18)30(33,34)35)14-41(27(23)42)20-5-3-4-19(8-20)28(15-29(31,32)16-28)10-26-37-36-17-39(26)2/h3-8,17,21-22H,9-16H2,1-2H3/t21-,22-/m0/s1. The number of halogens is 5. The summed E-state index contributed by atoms with van der Waals surface area (Å²) >= 11 is 0. The summed E-state index contributed by atoms with van der Waals surface area (Å²) in [4.78, 5) is 19.5. The summed E-state index contributed by atoms with van der Waals surface area (Å²) in [5, 5.41) is 7.94. The lowest BCUT2D eigenvalue weighted by molar-refractivity contribution is -0.138. The molecule has 42 heavy (non-hydrogen) atoms. The van der Waals surface area contributed by atoms with Crippen molar-refractivity contribution in [2.45, 2.75) is 68.4 Å². The molecule has 222 valence electrons. The summed E-state index contributed by atoms with van der Waals surface area (Å²) in [6, 6.07) is 10.2. The molecule has 1 aliphatic carbocycles. The highest BCUT2D eigenvalue weighted by molar-refractivity contribution is 6.10. The van der Waals surface area contributed by atoms with E-state index in [4.69, 9.17) is 0 Å². The molecule has 4 heterocycles. The van der Waals surface area contributed by atoms with Crippen molar-refractivity contribution in [2.75, 3.05) is 25.0 Å². The van der Waals surface area contributed by atoms with Crippen LogP contribution in [0.4, 0.5) is 27.6 Å². The molecule has 1 amide bonds. The molecule has 0 spiro atoms. The quantitative estimate of drug-likeness (QED) is 0.389. The van der Waals surface area contributed by atoms with Gasteiger partial charge in [0.05, 0.1) is 12.1 Å². The number of fused-ring (bicyclic) bond motifs is 3. The Bertz CT molecular complexity index is 1560. The van der Waals surface area contributed by atoms with Crippen molar-refractivity contribution in [3.05, 3.63) is 76.4 Å². The van der Waals surface area contributed by atoms with Crippen LogP contribution in [-0.2, 0) is 38.1 Å². The molecule has 12 heteroatoms. The molecule has 4 aliphatic rings. The molecule has 3 aromatic rings. The number of rotatable bonds is 6. The summed E-state index contributed by atoms with van der Waals surface area (Å²) in [7, 11) is 3.81. The molecule has 2 bridgehead atoms. The minimum atomic E-state index is -4.62. The number of likely N-dealkylation sites (N-methyl/N-ethyl adjacent to an activating group) is 1. The average molecular weight is 587 g/mol. The highest BCUT2D eigenvalue weighted by Gasteiger charge is 2.57. The van der Waals surface area contributed by atoms with E-state index in [0.29, 0.717) is 41.3 Å². The third-order valence-electron chi connectivity index (χ3n) is 9.69. The Morgan fingerprint density at radius 3 is 2.45 bits per heavy atom. The van der Waals surface area contributed by atoms with Gasteiger partial charge in [0.1, 0.15) is 12.2 Å². The topological polar surface area (TPSA) is 57.5 Å². The maximum atomic E-state index is 14.3. The number of aryl methyl sites for hydroxylation is 1. The maximum Gasteiger partial charge on any atom is 0.416 e. The Hall–Kier alpha value is -3.38. The van der Waals surface area contributed by atoms with Crippen LogP contribution in [0.2, 0.25) is 0 Å². The fourth-order valence-corrected chi connectivity index (χ4v) is 7.54. The van der Waals surface area contributed by atoms with Gasteiger partial charge < -0.3 is 14.4 Å². The van der Waals surface area contributed by atoms with Crippen LogP contribution < -0.4 is 4.90 Å². The normalized spacial score (nSPS) is 24.8. The molecule has 0 radical (unpaired) electrons. The zero-order chi connectivity index (χ0) is 29.6. The number of carbonyl (C=O) groups excluding carboxylic acids is 1. The number of nitrogens with zero attached hydrogens (tertiary/aromatic N) is 6. The Labute approximate surface area is 239 Å². The largest absolute Gasteiger partial charge is 0.416 e. The number of piperazine rings is 1. The fraction of sp³-hybridized carbons (Fsp3) is 0.500. The SMILES string of the molecule is CN1C[C@@H]2C[C@H]1CN2Cc1cc2c(c(C(F)(F)F)c1)CN(c1cccc(C3(Cc4nncn4C)CC(F)(F)C3)c1)C2=O. The summed E-state index contributed by atoms with van der Waals surface area (Å²) < 4.78 is 73.2. The number of carbonyl (C=O) groups is 1. The van der Waals surface area contributed by atoms with Crippen molar-refractivity contribution in [3.8, 4) is 0 Å². The van der Waals surface area contributed by atoms with Crippen LogP contribution in [0, 0.1) is 0 Å². The van der Waals surface area contributed by atoms with Crippen LogP contribution in [0.1, 0.15) is 57.7 Å². The molecule has 0 N–H and O–H groups in total. The first-order valence-corrected chi connectivity index (χ1v) is 14.1. The number of alkyl halides is 5. The van der Waals surface area contributed by atoms with Gasteiger partial charge in [-0.05, 0) is 54.4 Å². The molecular weight excluding hydrogens is 555 g/mol. The smallest absolute Gasteiger partial charge is 0.321 e. The summed E-state index contributed by atoms with van der Waals surface area (Å²) in [6.07, 6.45) is -2.66. The molecule has 2 saturated heterocycles. The first kappa shape index (κ1) is 27.5. The number of hydrogen-bond acceptors (Lipinski definition) is 5. The van der Waals surface area contributed by atoms with Crippen molar-refractivity contribution < 1.29 is 26.7 Å². The minimum Gasteiger partial charge on any atom is -0.321 e. The number of likely N-dealkylation sites (tertiary alicyclic amines) is 2. The van der Waals surface area contributed by atoms with E-state index >= 15 is 0 Å². The van der Waals surface area contributed by atoms with Crippen molar-refractivity contribution >= 4 is 11.6 Å². The minimum absolute atomic E-state index is 0.0479. The van der Waals surface area contributed by atoms with E-state index in [9.17, 15) is 26.7 Å². The molecule has 3 fully saturated rings. The molecule has 0 unspecified atom stereocenters. The summed E-state index contributed by atoms with van der Waals surface area (Å²) in [5.74, 6) is -2.80. The van der Waals surface area contributed by atoms with Crippen LogP contribution in [0.15, 0.2) is 42.7 Å². The molecule has 2 aromatic carbocycles. The zero-order valence-corrected chi connectivity index (χ0v) is 23.3. The van der Waals surface area contributed by atoms with Crippen molar-refractivity contribution in [2.24, 2.45) is 7.05 Å².